The first-order valence-corrected chi connectivity index (χ1v) is 9.48. The molecule has 0 spiro atoms. The van der Waals surface area contributed by atoms with E-state index in [-0.39, 0.29) is 5.91 Å². The second kappa shape index (κ2) is 8.29. The van der Waals surface area contributed by atoms with Crippen LogP contribution in [0.3, 0.4) is 0 Å². The number of rotatable bonds is 5. The third kappa shape index (κ3) is 4.20. The number of aromatic nitrogens is 2. The Labute approximate surface area is 173 Å². The van der Waals surface area contributed by atoms with E-state index in [0.717, 1.165) is 16.7 Å². The molecule has 0 aliphatic carbocycles. The molecule has 6 heteroatoms. The standard InChI is InChI=1S/C23H18ClN3O2/c1-27(15-19-9-5-6-10-20(19)24)23(28)18-13-11-17(12-14-18)22-26-25-21(29-22)16-7-3-2-4-8-16/h2-14H,15H2,1H3. The highest BCUT2D eigenvalue weighted by molar-refractivity contribution is 6.31. The molecule has 4 rings (SSSR count). The van der Waals surface area contributed by atoms with E-state index in [1.54, 1.807) is 36.2 Å². The summed E-state index contributed by atoms with van der Waals surface area (Å²) in [6.45, 7) is 0.435. The molecule has 1 amide bonds. The summed E-state index contributed by atoms with van der Waals surface area (Å²) in [4.78, 5) is 14.4. The van der Waals surface area contributed by atoms with Crippen LogP contribution in [0.2, 0.25) is 5.02 Å². The Morgan fingerprint density at radius 3 is 2.10 bits per heavy atom. The lowest BCUT2D eigenvalue weighted by molar-refractivity contribution is 0.0785. The summed E-state index contributed by atoms with van der Waals surface area (Å²) in [7, 11) is 1.75. The van der Waals surface area contributed by atoms with Crippen molar-refractivity contribution in [3.05, 3.63) is 95.0 Å². The Balaban J connectivity index is 1.48. The predicted molar refractivity (Wildman–Crippen MR) is 112 cm³/mol. The second-order valence-electron chi connectivity index (χ2n) is 6.61. The molecule has 0 saturated carbocycles. The summed E-state index contributed by atoms with van der Waals surface area (Å²) in [6, 6.07) is 24.2. The van der Waals surface area contributed by atoms with Crippen LogP contribution >= 0.6 is 11.6 Å². The molecule has 3 aromatic carbocycles. The zero-order valence-electron chi connectivity index (χ0n) is 15.7. The molecule has 0 N–H and O–H groups in total. The van der Waals surface area contributed by atoms with Crippen molar-refractivity contribution < 1.29 is 9.21 Å². The largest absolute Gasteiger partial charge is 0.416 e. The highest BCUT2D eigenvalue weighted by atomic mass is 35.5. The van der Waals surface area contributed by atoms with Gasteiger partial charge in [-0.25, -0.2) is 0 Å². The van der Waals surface area contributed by atoms with Crippen LogP contribution in [0.15, 0.2) is 83.3 Å². The molecule has 29 heavy (non-hydrogen) atoms. The van der Waals surface area contributed by atoms with Crippen LogP contribution in [0.25, 0.3) is 22.9 Å². The van der Waals surface area contributed by atoms with Crippen LogP contribution in [0, 0.1) is 0 Å². The van der Waals surface area contributed by atoms with Crippen molar-refractivity contribution in [3.63, 3.8) is 0 Å². The van der Waals surface area contributed by atoms with Crippen molar-refractivity contribution in [2.24, 2.45) is 0 Å². The number of carbonyl (C=O) groups excluding carboxylic acids is 1. The number of halogens is 1. The Bertz CT molecular complexity index is 1120. The van der Waals surface area contributed by atoms with Crippen LogP contribution in [-0.4, -0.2) is 28.1 Å². The van der Waals surface area contributed by atoms with Crippen molar-refractivity contribution >= 4 is 17.5 Å². The van der Waals surface area contributed by atoms with Gasteiger partial charge in [0.25, 0.3) is 5.91 Å². The van der Waals surface area contributed by atoms with Gasteiger partial charge in [0.05, 0.1) is 0 Å². The smallest absolute Gasteiger partial charge is 0.253 e. The number of benzene rings is 3. The summed E-state index contributed by atoms with van der Waals surface area (Å²) in [5.74, 6) is 0.777. The molecule has 0 bridgehead atoms. The zero-order chi connectivity index (χ0) is 20.2. The molecule has 0 radical (unpaired) electrons. The molecular weight excluding hydrogens is 386 g/mol. The molecule has 0 aliphatic rings. The van der Waals surface area contributed by atoms with Crippen molar-refractivity contribution in [1.82, 2.24) is 15.1 Å². The molecule has 0 saturated heterocycles. The number of hydrogen-bond donors (Lipinski definition) is 0. The molecule has 1 heterocycles. The summed E-state index contributed by atoms with van der Waals surface area (Å²) in [5.41, 5.74) is 3.09. The molecule has 0 atom stereocenters. The number of hydrogen-bond acceptors (Lipinski definition) is 4. The van der Waals surface area contributed by atoms with E-state index in [4.69, 9.17) is 16.0 Å². The van der Waals surface area contributed by atoms with Gasteiger partial charge >= 0.3 is 0 Å². The van der Waals surface area contributed by atoms with E-state index in [1.165, 1.54) is 0 Å². The van der Waals surface area contributed by atoms with Gasteiger partial charge in [-0.1, -0.05) is 48.0 Å². The zero-order valence-corrected chi connectivity index (χ0v) is 16.5. The first-order valence-electron chi connectivity index (χ1n) is 9.10. The highest BCUT2D eigenvalue weighted by Gasteiger charge is 2.15. The molecule has 4 aromatic rings. The van der Waals surface area contributed by atoms with Gasteiger partial charge in [0, 0.05) is 35.3 Å². The number of nitrogens with zero attached hydrogens (tertiary/aromatic N) is 3. The van der Waals surface area contributed by atoms with Gasteiger partial charge in [0.15, 0.2) is 0 Å². The Morgan fingerprint density at radius 2 is 1.45 bits per heavy atom. The molecule has 0 unspecified atom stereocenters. The maximum Gasteiger partial charge on any atom is 0.253 e. The number of amides is 1. The van der Waals surface area contributed by atoms with E-state index in [2.05, 4.69) is 10.2 Å². The van der Waals surface area contributed by atoms with Crippen LogP contribution in [0.1, 0.15) is 15.9 Å². The van der Waals surface area contributed by atoms with Crippen molar-refractivity contribution in [2.45, 2.75) is 6.54 Å². The fraction of sp³-hybridized carbons (Fsp3) is 0.0870. The summed E-state index contributed by atoms with van der Waals surface area (Å²) < 4.78 is 5.76. The summed E-state index contributed by atoms with van der Waals surface area (Å²) >= 11 is 6.19. The summed E-state index contributed by atoms with van der Waals surface area (Å²) in [5, 5.41) is 8.86. The lowest BCUT2D eigenvalue weighted by atomic mass is 10.1. The number of carbonyl (C=O) groups is 1. The Hall–Kier alpha value is -3.44. The minimum atomic E-state index is -0.0908. The van der Waals surface area contributed by atoms with Crippen LogP contribution < -0.4 is 0 Å². The molecule has 1 aromatic heterocycles. The fourth-order valence-corrected chi connectivity index (χ4v) is 3.16. The molecule has 5 nitrogen and oxygen atoms in total. The van der Waals surface area contributed by atoms with Gasteiger partial charge in [-0.05, 0) is 48.0 Å². The fourth-order valence-electron chi connectivity index (χ4n) is 2.97. The quantitative estimate of drug-likeness (QED) is 0.452. The van der Waals surface area contributed by atoms with E-state index in [1.807, 2.05) is 54.6 Å². The first-order chi connectivity index (χ1) is 14.1. The average Bonchev–Trinajstić information content (AvgIpc) is 3.26. The topological polar surface area (TPSA) is 59.2 Å². The minimum Gasteiger partial charge on any atom is -0.416 e. The molecule has 144 valence electrons. The van der Waals surface area contributed by atoms with Gasteiger partial charge in [-0.2, -0.15) is 0 Å². The van der Waals surface area contributed by atoms with Gasteiger partial charge in [0.2, 0.25) is 11.8 Å². The maximum absolute atomic E-state index is 12.7. The van der Waals surface area contributed by atoms with E-state index in [0.29, 0.717) is 28.9 Å². The van der Waals surface area contributed by atoms with Gasteiger partial charge < -0.3 is 9.32 Å². The lowest BCUT2D eigenvalue weighted by Gasteiger charge is -2.18. The lowest BCUT2D eigenvalue weighted by Crippen LogP contribution is -2.26. The van der Waals surface area contributed by atoms with E-state index in [9.17, 15) is 4.79 Å². The average molecular weight is 404 g/mol. The SMILES string of the molecule is CN(Cc1ccccc1Cl)C(=O)c1ccc(-c2nnc(-c3ccccc3)o2)cc1. The van der Waals surface area contributed by atoms with Gasteiger partial charge in [-0.3, -0.25) is 4.79 Å². The van der Waals surface area contributed by atoms with Gasteiger partial charge in [-0.15, -0.1) is 10.2 Å². The monoisotopic (exact) mass is 403 g/mol. The Morgan fingerprint density at radius 1 is 0.862 bits per heavy atom. The minimum absolute atomic E-state index is 0.0908. The molecule has 0 aliphatic heterocycles. The van der Waals surface area contributed by atoms with Crippen molar-refractivity contribution in [2.75, 3.05) is 7.05 Å². The normalized spacial score (nSPS) is 10.7. The molecule has 0 fully saturated rings. The van der Waals surface area contributed by atoms with Gasteiger partial charge in [0.1, 0.15) is 0 Å². The van der Waals surface area contributed by atoms with E-state index >= 15 is 0 Å². The third-order valence-electron chi connectivity index (χ3n) is 4.54. The van der Waals surface area contributed by atoms with Crippen LogP contribution in [-0.2, 0) is 6.54 Å². The summed E-state index contributed by atoms with van der Waals surface area (Å²) in [6.07, 6.45) is 0. The first kappa shape index (κ1) is 18.9. The second-order valence-corrected chi connectivity index (χ2v) is 7.02. The van der Waals surface area contributed by atoms with Crippen molar-refractivity contribution in [1.29, 1.82) is 0 Å². The van der Waals surface area contributed by atoms with E-state index < -0.39 is 0 Å². The Kier molecular flexibility index (Phi) is 5.40. The maximum atomic E-state index is 12.7. The van der Waals surface area contributed by atoms with Crippen molar-refractivity contribution in [3.8, 4) is 22.9 Å². The highest BCUT2D eigenvalue weighted by Crippen LogP contribution is 2.24. The predicted octanol–water partition coefficient (Wildman–Crippen LogP) is 5.33. The molecular formula is C23H18ClN3O2. The third-order valence-corrected chi connectivity index (χ3v) is 4.91. The van der Waals surface area contributed by atoms with Crippen LogP contribution in [0.4, 0.5) is 0 Å². The van der Waals surface area contributed by atoms with Crippen LogP contribution in [0.5, 0.6) is 0 Å².